The predicted molar refractivity (Wildman–Crippen MR) is 132 cm³/mol. The van der Waals surface area contributed by atoms with Crippen molar-refractivity contribution >= 4 is 33.9 Å². The van der Waals surface area contributed by atoms with Crippen LogP contribution < -0.4 is 0 Å². The normalized spacial score (nSPS) is 16.2. The zero-order valence-corrected chi connectivity index (χ0v) is 19.5. The summed E-state index contributed by atoms with van der Waals surface area (Å²) in [5.41, 5.74) is 5.03. The lowest BCUT2D eigenvalue weighted by atomic mass is 9.93. The minimum Gasteiger partial charge on any atom is -0.348 e. The second kappa shape index (κ2) is 9.88. The van der Waals surface area contributed by atoms with E-state index in [1.54, 1.807) is 6.07 Å². The van der Waals surface area contributed by atoms with Crippen molar-refractivity contribution in [1.29, 1.82) is 0 Å². The molecule has 0 aliphatic carbocycles. The summed E-state index contributed by atoms with van der Waals surface area (Å²) in [6.45, 7) is 9.40. The molecule has 0 saturated carbocycles. The van der Waals surface area contributed by atoms with Gasteiger partial charge in [0.15, 0.2) is 0 Å². The Bertz CT molecular complexity index is 1130. The SMILES string of the molecule is C=CN(CC1CCN(C)CC1)/C(=C(\CC)c1ccc(F)c(Cl)c1)c1ccnc2[nH]ccc12. The Balaban J connectivity index is 1.87. The third-order valence-corrected chi connectivity index (χ3v) is 6.71. The Morgan fingerprint density at radius 3 is 2.78 bits per heavy atom. The molecular weight excluding hydrogens is 423 g/mol. The van der Waals surface area contributed by atoms with Crippen LogP contribution in [0.5, 0.6) is 0 Å². The van der Waals surface area contributed by atoms with Gasteiger partial charge in [-0.3, -0.25) is 0 Å². The Morgan fingerprint density at radius 1 is 1.31 bits per heavy atom. The van der Waals surface area contributed by atoms with Crippen LogP contribution in [-0.2, 0) is 0 Å². The molecule has 0 bridgehead atoms. The molecule has 32 heavy (non-hydrogen) atoms. The van der Waals surface area contributed by atoms with Gasteiger partial charge in [0.05, 0.1) is 10.7 Å². The highest BCUT2D eigenvalue weighted by Gasteiger charge is 2.24. The number of nitrogens with one attached hydrogen (secondary N) is 1. The molecule has 3 heterocycles. The lowest BCUT2D eigenvalue weighted by molar-refractivity contribution is 0.202. The average molecular weight is 453 g/mol. The van der Waals surface area contributed by atoms with Crippen LogP contribution in [0.3, 0.4) is 0 Å². The largest absolute Gasteiger partial charge is 0.348 e. The molecule has 1 aliphatic heterocycles. The number of rotatable bonds is 7. The maximum Gasteiger partial charge on any atom is 0.141 e. The summed E-state index contributed by atoms with van der Waals surface area (Å²) in [5, 5.41) is 1.19. The first kappa shape index (κ1) is 22.6. The fourth-order valence-electron chi connectivity index (χ4n) is 4.63. The topological polar surface area (TPSA) is 35.2 Å². The summed E-state index contributed by atoms with van der Waals surface area (Å²) >= 11 is 6.17. The van der Waals surface area contributed by atoms with E-state index in [9.17, 15) is 4.39 Å². The number of piperidine rings is 1. The third kappa shape index (κ3) is 4.59. The van der Waals surface area contributed by atoms with Gasteiger partial charge in [0.1, 0.15) is 11.5 Å². The number of aromatic nitrogens is 2. The summed E-state index contributed by atoms with van der Waals surface area (Å²) < 4.78 is 13.9. The highest BCUT2D eigenvalue weighted by molar-refractivity contribution is 6.31. The van der Waals surface area contributed by atoms with Crippen LogP contribution in [0, 0.1) is 11.7 Å². The Labute approximate surface area is 194 Å². The minimum atomic E-state index is -0.406. The molecule has 1 fully saturated rings. The summed E-state index contributed by atoms with van der Waals surface area (Å²) in [7, 11) is 2.18. The first-order valence-electron chi connectivity index (χ1n) is 11.2. The molecule has 3 aromatic rings. The Kier molecular flexibility index (Phi) is 6.97. The van der Waals surface area contributed by atoms with Crippen molar-refractivity contribution < 1.29 is 4.39 Å². The highest BCUT2D eigenvalue weighted by Crippen LogP contribution is 2.37. The third-order valence-electron chi connectivity index (χ3n) is 6.42. The van der Waals surface area contributed by atoms with Crippen molar-refractivity contribution in [3.05, 3.63) is 77.5 Å². The van der Waals surface area contributed by atoms with E-state index in [1.165, 1.54) is 6.07 Å². The number of hydrogen-bond donors (Lipinski definition) is 1. The van der Waals surface area contributed by atoms with Gasteiger partial charge in [0.25, 0.3) is 0 Å². The predicted octanol–water partition coefficient (Wildman–Crippen LogP) is 6.42. The van der Waals surface area contributed by atoms with Gasteiger partial charge in [-0.1, -0.05) is 31.2 Å². The lowest BCUT2D eigenvalue weighted by Crippen LogP contribution is -2.35. The van der Waals surface area contributed by atoms with Crippen molar-refractivity contribution in [2.75, 3.05) is 26.7 Å². The van der Waals surface area contributed by atoms with Crippen LogP contribution >= 0.6 is 11.6 Å². The maximum absolute atomic E-state index is 13.9. The molecule has 2 aromatic heterocycles. The number of aromatic amines is 1. The van der Waals surface area contributed by atoms with E-state index in [2.05, 4.69) is 52.5 Å². The summed E-state index contributed by atoms with van der Waals surface area (Å²) in [6, 6.07) is 9.09. The minimum absolute atomic E-state index is 0.134. The van der Waals surface area contributed by atoms with Gasteiger partial charge in [-0.2, -0.15) is 0 Å². The van der Waals surface area contributed by atoms with E-state index in [0.717, 1.165) is 72.3 Å². The van der Waals surface area contributed by atoms with Gasteiger partial charge in [0.2, 0.25) is 0 Å². The van der Waals surface area contributed by atoms with E-state index >= 15 is 0 Å². The Morgan fingerprint density at radius 2 is 2.09 bits per heavy atom. The molecule has 6 heteroatoms. The van der Waals surface area contributed by atoms with Crippen LogP contribution in [0.2, 0.25) is 5.02 Å². The smallest absolute Gasteiger partial charge is 0.141 e. The van der Waals surface area contributed by atoms with E-state index in [4.69, 9.17) is 11.6 Å². The van der Waals surface area contributed by atoms with Crippen molar-refractivity contribution in [3.63, 3.8) is 0 Å². The monoisotopic (exact) mass is 452 g/mol. The number of nitrogens with zero attached hydrogens (tertiary/aromatic N) is 3. The fraction of sp³-hybridized carbons (Fsp3) is 0.346. The number of benzene rings is 1. The summed E-state index contributed by atoms with van der Waals surface area (Å²) in [4.78, 5) is 12.4. The van der Waals surface area contributed by atoms with Gasteiger partial charge in [0, 0.05) is 29.9 Å². The first-order valence-corrected chi connectivity index (χ1v) is 11.6. The molecule has 4 nitrogen and oxygen atoms in total. The van der Waals surface area contributed by atoms with Crippen LogP contribution in [0.1, 0.15) is 37.3 Å². The number of likely N-dealkylation sites (tertiary alicyclic amines) is 1. The van der Waals surface area contributed by atoms with Crippen LogP contribution in [0.4, 0.5) is 4.39 Å². The van der Waals surface area contributed by atoms with Crippen molar-refractivity contribution in [2.45, 2.75) is 26.2 Å². The van der Waals surface area contributed by atoms with Crippen LogP contribution in [-0.4, -0.2) is 46.4 Å². The van der Waals surface area contributed by atoms with E-state index < -0.39 is 5.82 Å². The average Bonchev–Trinajstić information content (AvgIpc) is 3.29. The zero-order valence-electron chi connectivity index (χ0n) is 18.7. The molecule has 0 spiro atoms. The lowest BCUT2D eigenvalue weighted by Gasteiger charge is -2.35. The molecule has 1 N–H and O–H groups in total. The van der Waals surface area contributed by atoms with Gasteiger partial charge in [-0.15, -0.1) is 0 Å². The molecule has 0 unspecified atom stereocenters. The number of H-pyrrole nitrogens is 1. The quantitative estimate of drug-likeness (QED) is 0.449. The molecule has 1 aromatic carbocycles. The van der Waals surface area contributed by atoms with Crippen LogP contribution in [0.25, 0.3) is 22.3 Å². The molecule has 4 rings (SSSR count). The molecule has 0 amide bonds. The van der Waals surface area contributed by atoms with Crippen molar-refractivity contribution in [3.8, 4) is 0 Å². The molecule has 168 valence electrons. The van der Waals surface area contributed by atoms with E-state index in [1.807, 2.05) is 24.7 Å². The van der Waals surface area contributed by atoms with Crippen molar-refractivity contribution in [2.24, 2.45) is 5.92 Å². The second-order valence-electron chi connectivity index (χ2n) is 8.49. The number of pyridine rings is 1. The van der Waals surface area contributed by atoms with Gasteiger partial charge in [-0.05, 0) is 86.9 Å². The molecule has 1 saturated heterocycles. The maximum atomic E-state index is 13.9. The summed E-state index contributed by atoms with van der Waals surface area (Å²) in [6.07, 6.45) is 8.75. The Hall–Kier alpha value is -2.63. The van der Waals surface area contributed by atoms with Crippen molar-refractivity contribution in [1.82, 2.24) is 19.8 Å². The highest BCUT2D eigenvalue weighted by atomic mass is 35.5. The zero-order chi connectivity index (χ0) is 22.7. The summed E-state index contributed by atoms with van der Waals surface area (Å²) in [5.74, 6) is 0.175. The van der Waals surface area contributed by atoms with Gasteiger partial charge in [-0.25, -0.2) is 9.37 Å². The molecule has 0 atom stereocenters. The first-order chi connectivity index (χ1) is 15.5. The number of hydrogen-bond acceptors (Lipinski definition) is 3. The fourth-order valence-corrected chi connectivity index (χ4v) is 4.81. The van der Waals surface area contributed by atoms with Gasteiger partial charge < -0.3 is 14.8 Å². The molecule has 1 aliphatic rings. The van der Waals surface area contributed by atoms with E-state index in [-0.39, 0.29) is 5.02 Å². The number of halogens is 2. The number of fused-ring (bicyclic) bond motifs is 1. The second-order valence-corrected chi connectivity index (χ2v) is 8.90. The van der Waals surface area contributed by atoms with Gasteiger partial charge >= 0.3 is 0 Å². The standard InChI is InChI=1S/C26H30ClFN4/c1-4-20(19-6-7-24(28)23(27)16-19)25(21-8-12-29-26-22(21)9-13-30-26)32(5-2)17-18-10-14-31(3)15-11-18/h5-9,12-13,16,18H,2,4,10-11,14-15,17H2,1,3H3,(H,29,30)/b25-20+. The van der Waals surface area contributed by atoms with E-state index in [0.29, 0.717) is 5.92 Å². The molecule has 0 radical (unpaired) electrons. The van der Waals surface area contributed by atoms with Crippen LogP contribution in [0.15, 0.2) is 55.5 Å². The molecular formula is C26H30ClFN4. The number of allylic oxidation sites excluding steroid dienone is 1.